The third kappa shape index (κ3) is 3.69. The van der Waals surface area contributed by atoms with Crippen molar-refractivity contribution in [2.45, 2.75) is 32.9 Å². The Bertz CT molecular complexity index is 366. The molecule has 0 aliphatic rings. The summed E-state index contributed by atoms with van der Waals surface area (Å²) in [4.78, 5) is 2.12. The summed E-state index contributed by atoms with van der Waals surface area (Å²) in [5.41, 5.74) is 1.92. The average Bonchev–Trinajstić information content (AvgIpc) is 2.24. The second-order valence-corrected chi connectivity index (χ2v) is 5.25. The molecule has 1 aromatic carbocycles. The molecule has 0 bridgehead atoms. The van der Waals surface area contributed by atoms with Gasteiger partial charge in [-0.25, -0.2) is 0 Å². The molecule has 1 unspecified atom stereocenters. The predicted molar refractivity (Wildman–Crippen MR) is 74.3 cm³/mol. The van der Waals surface area contributed by atoms with E-state index >= 15 is 0 Å². The summed E-state index contributed by atoms with van der Waals surface area (Å²) in [6, 6.07) is 6.20. The number of halogens is 1. The van der Waals surface area contributed by atoms with Crippen LogP contribution in [0.5, 0.6) is 0 Å². The van der Waals surface area contributed by atoms with Gasteiger partial charge >= 0.3 is 0 Å². The Morgan fingerprint density at radius 1 is 1.29 bits per heavy atom. The first-order valence-corrected chi connectivity index (χ1v) is 6.61. The molecule has 2 N–H and O–H groups in total. The van der Waals surface area contributed by atoms with Crippen molar-refractivity contribution < 1.29 is 10.2 Å². The van der Waals surface area contributed by atoms with E-state index in [2.05, 4.69) is 34.7 Å². The summed E-state index contributed by atoms with van der Waals surface area (Å²) >= 11 is 3.47. The monoisotopic (exact) mass is 301 g/mol. The minimum atomic E-state index is -0.483. The largest absolute Gasteiger partial charge is 0.395 e. The summed E-state index contributed by atoms with van der Waals surface area (Å²) < 4.78 is 0.897. The van der Waals surface area contributed by atoms with Gasteiger partial charge in [0.2, 0.25) is 0 Å². The van der Waals surface area contributed by atoms with Crippen molar-refractivity contribution in [2.75, 3.05) is 18.1 Å². The normalized spacial score (nSPS) is 12.9. The van der Waals surface area contributed by atoms with Crippen LogP contribution in [0.25, 0.3) is 0 Å². The van der Waals surface area contributed by atoms with E-state index in [-0.39, 0.29) is 6.61 Å². The molecule has 0 saturated carbocycles. The van der Waals surface area contributed by atoms with Crippen LogP contribution < -0.4 is 4.90 Å². The number of hydrogen-bond acceptors (Lipinski definition) is 3. The van der Waals surface area contributed by atoms with Gasteiger partial charge in [-0.3, -0.25) is 0 Å². The highest BCUT2D eigenvalue weighted by Crippen LogP contribution is 2.28. The molecule has 96 valence electrons. The number of hydrogen-bond donors (Lipinski definition) is 2. The highest BCUT2D eigenvalue weighted by atomic mass is 79.9. The van der Waals surface area contributed by atoms with Gasteiger partial charge in [0.1, 0.15) is 0 Å². The second kappa shape index (κ2) is 6.38. The van der Waals surface area contributed by atoms with E-state index in [9.17, 15) is 5.11 Å². The Labute approximate surface area is 111 Å². The molecule has 1 atom stereocenters. The lowest BCUT2D eigenvalue weighted by molar-refractivity contribution is 0.198. The SMILES string of the molecule is CC(O)c1ccc(N(CCO)C(C)C)cc1Br. The molecule has 1 aromatic rings. The van der Waals surface area contributed by atoms with Crippen LogP contribution in [0, 0.1) is 0 Å². The maximum Gasteiger partial charge on any atom is 0.0772 e. The van der Waals surface area contributed by atoms with Gasteiger partial charge in [-0.15, -0.1) is 0 Å². The van der Waals surface area contributed by atoms with E-state index < -0.39 is 6.10 Å². The first-order valence-electron chi connectivity index (χ1n) is 5.82. The number of aliphatic hydroxyl groups excluding tert-OH is 2. The van der Waals surface area contributed by atoms with Crippen molar-refractivity contribution in [2.24, 2.45) is 0 Å². The smallest absolute Gasteiger partial charge is 0.0772 e. The van der Waals surface area contributed by atoms with Gasteiger partial charge < -0.3 is 15.1 Å². The summed E-state index contributed by atoms with van der Waals surface area (Å²) in [5, 5.41) is 18.6. The number of nitrogens with zero attached hydrogens (tertiary/aromatic N) is 1. The molecule has 0 fully saturated rings. The zero-order valence-electron chi connectivity index (χ0n) is 10.5. The van der Waals surface area contributed by atoms with E-state index in [1.807, 2.05) is 18.2 Å². The van der Waals surface area contributed by atoms with Gasteiger partial charge in [0.05, 0.1) is 12.7 Å². The first kappa shape index (κ1) is 14.5. The molecule has 17 heavy (non-hydrogen) atoms. The molecular formula is C13H20BrNO2. The van der Waals surface area contributed by atoms with Crippen molar-refractivity contribution in [3.63, 3.8) is 0 Å². The van der Waals surface area contributed by atoms with E-state index in [0.29, 0.717) is 12.6 Å². The molecule has 0 amide bonds. The Hall–Kier alpha value is -0.580. The highest BCUT2D eigenvalue weighted by molar-refractivity contribution is 9.10. The van der Waals surface area contributed by atoms with Crippen LogP contribution in [0.1, 0.15) is 32.4 Å². The molecule has 1 rings (SSSR count). The van der Waals surface area contributed by atoms with Gasteiger partial charge in [0, 0.05) is 22.7 Å². The minimum Gasteiger partial charge on any atom is -0.395 e. The summed E-state index contributed by atoms with van der Waals surface area (Å²) in [5.74, 6) is 0. The fourth-order valence-electron chi connectivity index (χ4n) is 1.83. The number of anilines is 1. The van der Waals surface area contributed by atoms with Crippen LogP contribution >= 0.6 is 15.9 Å². The van der Waals surface area contributed by atoms with Crippen molar-refractivity contribution in [1.29, 1.82) is 0 Å². The lowest BCUT2D eigenvalue weighted by Gasteiger charge is -2.29. The molecule has 3 nitrogen and oxygen atoms in total. The lowest BCUT2D eigenvalue weighted by atomic mass is 10.1. The molecule has 4 heteroatoms. The maximum absolute atomic E-state index is 9.56. The molecule has 0 saturated heterocycles. The standard InChI is InChI=1S/C13H20BrNO2/c1-9(2)15(6-7-16)11-4-5-12(10(3)17)13(14)8-11/h4-5,8-10,16-17H,6-7H2,1-3H3. The first-order chi connectivity index (χ1) is 7.97. The molecule has 0 heterocycles. The Kier molecular flexibility index (Phi) is 5.43. The van der Waals surface area contributed by atoms with Crippen LogP contribution in [-0.4, -0.2) is 29.4 Å². The Morgan fingerprint density at radius 3 is 2.35 bits per heavy atom. The van der Waals surface area contributed by atoms with E-state index in [4.69, 9.17) is 5.11 Å². The maximum atomic E-state index is 9.56. The van der Waals surface area contributed by atoms with Crippen molar-refractivity contribution in [3.05, 3.63) is 28.2 Å². The quantitative estimate of drug-likeness (QED) is 0.879. The predicted octanol–water partition coefficient (Wildman–Crippen LogP) is 2.71. The van der Waals surface area contributed by atoms with Crippen molar-refractivity contribution in [1.82, 2.24) is 0 Å². The molecule has 0 radical (unpaired) electrons. The fourth-order valence-corrected chi connectivity index (χ4v) is 2.52. The van der Waals surface area contributed by atoms with Gasteiger partial charge in [0.15, 0.2) is 0 Å². The zero-order chi connectivity index (χ0) is 13.0. The topological polar surface area (TPSA) is 43.7 Å². The fraction of sp³-hybridized carbons (Fsp3) is 0.538. The van der Waals surface area contributed by atoms with E-state index in [1.54, 1.807) is 6.92 Å². The van der Waals surface area contributed by atoms with E-state index in [0.717, 1.165) is 15.7 Å². The zero-order valence-corrected chi connectivity index (χ0v) is 12.1. The molecule has 0 aliphatic carbocycles. The summed E-state index contributed by atoms with van der Waals surface area (Å²) in [6.45, 7) is 6.66. The minimum absolute atomic E-state index is 0.133. The number of rotatable bonds is 5. The molecule has 0 aliphatic heterocycles. The van der Waals surface area contributed by atoms with Gasteiger partial charge in [0.25, 0.3) is 0 Å². The highest BCUT2D eigenvalue weighted by Gasteiger charge is 2.13. The summed E-state index contributed by atoms with van der Waals surface area (Å²) in [7, 11) is 0. The molecule has 0 aromatic heterocycles. The van der Waals surface area contributed by atoms with Crippen LogP contribution in [0.15, 0.2) is 22.7 Å². The molecular weight excluding hydrogens is 282 g/mol. The van der Waals surface area contributed by atoms with Crippen LogP contribution in [0.4, 0.5) is 5.69 Å². The van der Waals surface area contributed by atoms with Gasteiger partial charge in [-0.1, -0.05) is 22.0 Å². The Morgan fingerprint density at radius 2 is 1.94 bits per heavy atom. The average molecular weight is 302 g/mol. The third-order valence-electron chi connectivity index (χ3n) is 2.73. The van der Waals surface area contributed by atoms with Crippen molar-refractivity contribution in [3.8, 4) is 0 Å². The van der Waals surface area contributed by atoms with Crippen molar-refractivity contribution >= 4 is 21.6 Å². The number of benzene rings is 1. The third-order valence-corrected chi connectivity index (χ3v) is 3.42. The lowest BCUT2D eigenvalue weighted by Crippen LogP contribution is -2.33. The van der Waals surface area contributed by atoms with Gasteiger partial charge in [-0.05, 0) is 38.5 Å². The van der Waals surface area contributed by atoms with Crippen LogP contribution in [0.3, 0.4) is 0 Å². The Balaban J connectivity index is 3.02. The summed E-state index contributed by atoms with van der Waals surface area (Å²) in [6.07, 6.45) is -0.483. The van der Waals surface area contributed by atoms with Gasteiger partial charge in [-0.2, -0.15) is 0 Å². The second-order valence-electron chi connectivity index (χ2n) is 4.39. The van der Waals surface area contributed by atoms with E-state index in [1.165, 1.54) is 0 Å². The molecule has 0 spiro atoms. The van der Waals surface area contributed by atoms with Crippen LogP contribution in [0.2, 0.25) is 0 Å². The number of aliphatic hydroxyl groups is 2. The van der Waals surface area contributed by atoms with Crippen LogP contribution in [-0.2, 0) is 0 Å².